The number of primary amides is 1. The SMILES string of the molecule is NC(=O)CSc1nnc(-c2ccc(S(=O)(=O)N3CCCCCC3)cc2)o1. The van der Waals surface area contributed by atoms with Crippen LogP contribution in [0.4, 0.5) is 0 Å². The van der Waals surface area contributed by atoms with Crippen LogP contribution in [0.25, 0.3) is 11.5 Å². The maximum absolute atomic E-state index is 12.8. The first kappa shape index (κ1) is 18.9. The molecule has 8 nitrogen and oxygen atoms in total. The Morgan fingerprint density at radius 1 is 1.12 bits per heavy atom. The average molecular weight is 396 g/mol. The zero-order valence-electron chi connectivity index (χ0n) is 14.1. The van der Waals surface area contributed by atoms with E-state index in [9.17, 15) is 13.2 Å². The molecule has 1 aromatic carbocycles. The van der Waals surface area contributed by atoms with Gasteiger partial charge < -0.3 is 10.2 Å². The van der Waals surface area contributed by atoms with Crippen LogP contribution >= 0.6 is 11.8 Å². The molecule has 1 aromatic heterocycles. The summed E-state index contributed by atoms with van der Waals surface area (Å²) >= 11 is 1.05. The van der Waals surface area contributed by atoms with Crippen molar-refractivity contribution in [2.24, 2.45) is 5.73 Å². The Morgan fingerprint density at radius 2 is 1.77 bits per heavy atom. The second kappa shape index (κ2) is 8.19. The fourth-order valence-electron chi connectivity index (χ4n) is 2.72. The Bertz CT molecular complexity index is 857. The number of rotatable bonds is 6. The Labute approximate surface area is 156 Å². The molecular formula is C16H20N4O4S2. The second-order valence-corrected chi connectivity index (χ2v) is 8.84. The van der Waals surface area contributed by atoms with Crippen molar-refractivity contribution in [2.45, 2.75) is 35.8 Å². The van der Waals surface area contributed by atoms with Crippen LogP contribution in [0.3, 0.4) is 0 Å². The van der Waals surface area contributed by atoms with Crippen molar-refractivity contribution in [1.82, 2.24) is 14.5 Å². The highest BCUT2D eigenvalue weighted by Gasteiger charge is 2.25. The molecule has 1 fully saturated rings. The number of amides is 1. The molecule has 2 N–H and O–H groups in total. The van der Waals surface area contributed by atoms with Crippen LogP contribution in [0.15, 0.2) is 38.8 Å². The molecule has 3 rings (SSSR count). The lowest BCUT2D eigenvalue weighted by Crippen LogP contribution is -2.31. The number of carbonyl (C=O) groups is 1. The van der Waals surface area contributed by atoms with Crippen molar-refractivity contribution >= 4 is 27.7 Å². The number of aromatic nitrogens is 2. The van der Waals surface area contributed by atoms with E-state index in [0.717, 1.165) is 37.4 Å². The van der Waals surface area contributed by atoms with Crippen molar-refractivity contribution in [3.8, 4) is 11.5 Å². The Hall–Kier alpha value is -1.91. The lowest BCUT2D eigenvalue weighted by atomic mass is 10.2. The van der Waals surface area contributed by atoms with Crippen molar-refractivity contribution in [3.63, 3.8) is 0 Å². The third-order valence-electron chi connectivity index (χ3n) is 4.05. The maximum atomic E-state index is 12.8. The van der Waals surface area contributed by atoms with E-state index in [0.29, 0.717) is 18.7 Å². The summed E-state index contributed by atoms with van der Waals surface area (Å²) < 4.78 is 32.5. The number of thioether (sulfide) groups is 1. The molecular weight excluding hydrogens is 376 g/mol. The molecule has 1 aliphatic heterocycles. The van der Waals surface area contributed by atoms with Crippen LogP contribution in [-0.4, -0.2) is 47.7 Å². The van der Waals surface area contributed by atoms with Gasteiger partial charge in [0, 0.05) is 18.7 Å². The van der Waals surface area contributed by atoms with Gasteiger partial charge in [-0.25, -0.2) is 8.42 Å². The molecule has 26 heavy (non-hydrogen) atoms. The maximum Gasteiger partial charge on any atom is 0.277 e. The van der Waals surface area contributed by atoms with Gasteiger partial charge in [0.05, 0.1) is 10.6 Å². The van der Waals surface area contributed by atoms with Gasteiger partial charge in [0.25, 0.3) is 5.22 Å². The zero-order chi connectivity index (χ0) is 18.6. The van der Waals surface area contributed by atoms with Gasteiger partial charge in [-0.15, -0.1) is 10.2 Å². The van der Waals surface area contributed by atoms with Crippen LogP contribution in [-0.2, 0) is 14.8 Å². The molecule has 0 bridgehead atoms. The van der Waals surface area contributed by atoms with Gasteiger partial charge >= 0.3 is 0 Å². The van der Waals surface area contributed by atoms with E-state index < -0.39 is 15.9 Å². The first-order valence-electron chi connectivity index (χ1n) is 8.32. The smallest absolute Gasteiger partial charge is 0.277 e. The number of hydrogen-bond donors (Lipinski definition) is 1. The van der Waals surface area contributed by atoms with E-state index in [1.807, 2.05) is 0 Å². The van der Waals surface area contributed by atoms with Gasteiger partial charge in [0.2, 0.25) is 21.8 Å². The van der Waals surface area contributed by atoms with E-state index in [-0.39, 0.29) is 21.8 Å². The van der Waals surface area contributed by atoms with Gasteiger partial charge in [-0.1, -0.05) is 24.6 Å². The van der Waals surface area contributed by atoms with Crippen LogP contribution in [0, 0.1) is 0 Å². The largest absolute Gasteiger partial charge is 0.411 e. The van der Waals surface area contributed by atoms with Gasteiger partial charge in [0.1, 0.15) is 0 Å². The fourth-order valence-corrected chi connectivity index (χ4v) is 4.74. The first-order valence-corrected chi connectivity index (χ1v) is 10.7. The number of sulfonamides is 1. The van der Waals surface area contributed by atoms with Gasteiger partial charge in [0.15, 0.2) is 0 Å². The Morgan fingerprint density at radius 3 is 2.38 bits per heavy atom. The van der Waals surface area contributed by atoms with Crippen LogP contribution in [0.5, 0.6) is 0 Å². The zero-order valence-corrected chi connectivity index (χ0v) is 15.8. The number of hydrogen-bond acceptors (Lipinski definition) is 7. The molecule has 0 aliphatic carbocycles. The minimum absolute atomic E-state index is 0.0502. The monoisotopic (exact) mass is 396 g/mol. The van der Waals surface area contributed by atoms with Gasteiger partial charge in [-0.2, -0.15) is 4.31 Å². The van der Waals surface area contributed by atoms with Crippen LogP contribution in [0.2, 0.25) is 0 Å². The van der Waals surface area contributed by atoms with Crippen molar-refractivity contribution in [1.29, 1.82) is 0 Å². The summed E-state index contributed by atoms with van der Waals surface area (Å²) in [5, 5.41) is 7.98. The highest BCUT2D eigenvalue weighted by molar-refractivity contribution is 7.99. The Balaban J connectivity index is 1.74. The first-order chi connectivity index (χ1) is 12.5. The van der Waals surface area contributed by atoms with Crippen molar-refractivity contribution in [2.75, 3.05) is 18.8 Å². The molecule has 1 amide bonds. The third kappa shape index (κ3) is 4.43. The number of nitrogens with zero attached hydrogens (tertiary/aromatic N) is 3. The van der Waals surface area contributed by atoms with Gasteiger partial charge in [-0.05, 0) is 37.1 Å². The van der Waals surface area contributed by atoms with E-state index >= 15 is 0 Å². The van der Waals surface area contributed by atoms with Crippen molar-refractivity contribution < 1.29 is 17.6 Å². The second-order valence-electron chi connectivity index (χ2n) is 5.97. The third-order valence-corrected chi connectivity index (χ3v) is 6.80. The molecule has 0 atom stereocenters. The highest BCUT2D eigenvalue weighted by atomic mass is 32.2. The summed E-state index contributed by atoms with van der Waals surface area (Å²) in [4.78, 5) is 11.0. The average Bonchev–Trinajstić information content (AvgIpc) is 2.92. The summed E-state index contributed by atoms with van der Waals surface area (Å²) in [5.74, 6) is -0.164. The minimum Gasteiger partial charge on any atom is -0.411 e. The predicted molar refractivity (Wildman–Crippen MR) is 96.9 cm³/mol. The molecule has 1 aliphatic rings. The Kier molecular flexibility index (Phi) is 5.94. The van der Waals surface area contributed by atoms with Crippen LogP contribution in [0.1, 0.15) is 25.7 Å². The summed E-state index contributed by atoms with van der Waals surface area (Å²) in [5.41, 5.74) is 5.69. The van der Waals surface area contributed by atoms with E-state index in [1.54, 1.807) is 28.6 Å². The molecule has 10 heteroatoms. The number of nitrogens with two attached hydrogens (primary N) is 1. The number of carbonyl (C=O) groups excluding carboxylic acids is 1. The fraction of sp³-hybridized carbons (Fsp3) is 0.438. The van der Waals surface area contributed by atoms with Gasteiger partial charge in [-0.3, -0.25) is 4.79 Å². The van der Waals surface area contributed by atoms with E-state index in [2.05, 4.69) is 10.2 Å². The van der Waals surface area contributed by atoms with E-state index in [1.165, 1.54) is 0 Å². The highest BCUT2D eigenvalue weighted by Crippen LogP contribution is 2.26. The van der Waals surface area contributed by atoms with Crippen molar-refractivity contribution in [3.05, 3.63) is 24.3 Å². The number of benzene rings is 1. The minimum atomic E-state index is -3.49. The summed E-state index contributed by atoms with van der Waals surface area (Å²) in [6.07, 6.45) is 3.92. The lowest BCUT2D eigenvalue weighted by Gasteiger charge is -2.19. The van der Waals surface area contributed by atoms with Crippen LogP contribution < -0.4 is 5.73 Å². The summed E-state index contributed by atoms with van der Waals surface area (Å²) in [6, 6.07) is 6.38. The topological polar surface area (TPSA) is 119 Å². The molecule has 1 saturated heterocycles. The molecule has 0 radical (unpaired) electrons. The molecule has 0 saturated carbocycles. The predicted octanol–water partition coefficient (Wildman–Crippen LogP) is 1.88. The molecule has 2 heterocycles. The summed E-state index contributed by atoms with van der Waals surface area (Å²) in [7, 11) is -3.49. The normalized spacial score (nSPS) is 16.3. The molecule has 2 aromatic rings. The standard InChI is InChI=1S/C16H20N4O4S2/c17-14(21)11-25-16-19-18-15(24-16)12-5-7-13(8-6-12)26(22,23)20-9-3-1-2-4-10-20/h5-8H,1-4,9-11H2,(H2,17,21). The molecule has 0 unspecified atom stereocenters. The summed E-state index contributed by atoms with van der Waals surface area (Å²) in [6.45, 7) is 1.13. The molecule has 140 valence electrons. The van der Waals surface area contributed by atoms with E-state index in [4.69, 9.17) is 10.2 Å². The quantitative estimate of drug-likeness (QED) is 0.740. The molecule has 0 spiro atoms. The lowest BCUT2D eigenvalue weighted by molar-refractivity contribution is -0.115.